The minimum atomic E-state index is -1.21. The van der Waals surface area contributed by atoms with Gasteiger partial charge in [0.2, 0.25) is 11.7 Å². The Labute approximate surface area is 183 Å². The maximum atomic E-state index is 13.7. The van der Waals surface area contributed by atoms with Crippen LogP contribution in [0.3, 0.4) is 0 Å². The molecule has 0 radical (unpaired) electrons. The molecule has 31 heavy (non-hydrogen) atoms. The van der Waals surface area contributed by atoms with E-state index in [2.05, 4.69) is 24.6 Å². The number of nitrogens with zero attached hydrogens (tertiary/aromatic N) is 2. The largest absolute Gasteiger partial charge is 0.460 e. The molecule has 7 nitrogen and oxygen atoms in total. The van der Waals surface area contributed by atoms with Gasteiger partial charge in [-0.3, -0.25) is 9.69 Å². The lowest BCUT2D eigenvalue weighted by Gasteiger charge is -2.31. The number of aryl methyl sites for hydroxylation is 1. The molecule has 1 aliphatic heterocycles. The summed E-state index contributed by atoms with van der Waals surface area (Å²) in [6.07, 6.45) is 3.39. The van der Waals surface area contributed by atoms with Crippen molar-refractivity contribution in [1.29, 1.82) is 0 Å². The van der Waals surface area contributed by atoms with Crippen molar-refractivity contribution < 1.29 is 23.5 Å². The van der Waals surface area contributed by atoms with Gasteiger partial charge in [0.05, 0.1) is 12.0 Å². The number of furan rings is 1. The predicted molar refractivity (Wildman–Crippen MR) is 119 cm³/mol. The van der Waals surface area contributed by atoms with E-state index in [9.17, 15) is 9.59 Å². The van der Waals surface area contributed by atoms with Gasteiger partial charge in [-0.2, -0.15) is 0 Å². The van der Waals surface area contributed by atoms with Crippen molar-refractivity contribution in [2.24, 2.45) is 0 Å². The van der Waals surface area contributed by atoms with E-state index < -0.39 is 19.5 Å². The number of anilines is 1. The van der Waals surface area contributed by atoms with Gasteiger partial charge in [-0.15, -0.1) is 0 Å². The van der Waals surface area contributed by atoms with Gasteiger partial charge in [-0.05, 0) is 43.5 Å². The molecule has 0 N–H and O–H groups in total. The van der Waals surface area contributed by atoms with Gasteiger partial charge in [0.1, 0.15) is 18.3 Å². The number of amides is 1. The summed E-state index contributed by atoms with van der Waals surface area (Å²) in [5, 5.41) is 0. The first-order valence-corrected chi connectivity index (χ1v) is 14.6. The van der Waals surface area contributed by atoms with Crippen LogP contribution in [0.4, 0.5) is 5.82 Å². The van der Waals surface area contributed by atoms with Crippen LogP contribution in [0.2, 0.25) is 25.7 Å². The third kappa shape index (κ3) is 4.06. The van der Waals surface area contributed by atoms with E-state index >= 15 is 0 Å². The topological polar surface area (TPSA) is 81.9 Å². The van der Waals surface area contributed by atoms with E-state index in [1.807, 2.05) is 12.1 Å². The van der Waals surface area contributed by atoms with Crippen LogP contribution in [-0.4, -0.2) is 44.9 Å². The lowest BCUT2D eigenvalue weighted by Crippen LogP contribution is -2.44. The van der Waals surface area contributed by atoms with E-state index in [0.717, 1.165) is 22.9 Å². The molecule has 2 aromatic rings. The van der Waals surface area contributed by atoms with Crippen molar-refractivity contribution in [3.63, 3.8) is 0 Å². The van der Waals surface area contributed by atoms with Crippen LogP contribution < -0.4 is 4.90 Å². The Kier molecular flexibility index (Phi) is 5.78. The summed E-state index contributed by atoms with van der Waals surface area (Å²) >= 11 is 0. The number of carbonyl (C=O) groups excluding carboxylic acids is 2. The van der Waals surface area contributed by atoms with Crippen molar-refractivity contribution in [1.82, 2.24) is 4.98 Å². The maximum Gasteiger partial charge on any atom is 0.374 e. The highest BCUT2D eigenvalue weighted by molar-refractivity contribution is 6.76. The van der Waals surface area contributed by atoms with Crippen molar-refractivity contribution in [3.05, 3.63) is 47.0 Å². The van der Waals surface area contributed by atoms with Crippen LogP contribution >= 0.6 is 0 Å². The molecule has 8 heteroatoms. The first-order valence-electron chi connectivity index (χ1n) is 10.9. The molecule has 166 valence electrons. The SMILES string of the molecule is CCOC(=O)c1cc2c(o1)CC[C@]1(C2)C(=O)N(COCC[Si](C)(C)C)c2ncccc21. The predicted octanol–water partition coefficient (Wildman–Crippen LogP) is 3.94. The minimum absolute atomic E-state index is 0.0127. The molecule has 0 unspecified atom stereocenters. The molecule has 0 fully saturated rings. The summed E-state index contributed by atoms with van der Waals surface area (Å²) in [4.78, 5) is 32.0. The molecule has 0 bridgehead atoms. The van der Waals surface area contributed by atoms with Gasteiger partial charge in [-0.25, -0.2) is 9.78 Å². The number of aromatic nitrogens is 1. The summed E-state index contributed by atoms with van der Waals surface area (Å²) in [5.41, 5.74) is 1.12. The van der Waals surface area contributed by atoms with Crippen LogP contribution in [0.15, 0.2) is 28.8 Å². The summed E-state index contributed by atoms with van der Waals surface area (Å²) in [6.45, 7) is 9.81. The molecule has 2 aromatic heterocycles. The van der Waals surface area contributed by atoms with E-state index in [4.69, 9.17) is 13.9 Å². The maximum absolute atomic E-state index is 13.7. The first-order chi connectivity index (χ1) is 14.7. The summed E-state index contributed by atoms with van der Waals surface area (Å²) < 4.78 is 16.7. The minimum Gasteiger partial charge on any atom is -0.460 e. The average Bonchev–Trinajstić information content (AvgIpc) is 3.24. The number of carbonyl (C=O) groups is 2. The number of pyridine rings is 1. The number of hydrogen-bond acceptors (Lipinski definition) is 6. The Morgan fingerprint density at radius 1 is 1.35 bits per heavy atom. The number of rotatable bonds is 7. The zero-order chi connectivity index (χ0) is 22.2. The van der Waals surface area contributed by atoms with Crippen molar-refractivity contribution in [3.8, 4) is 0 Å². The molecule has 0 aromatic carbocycles. The highest BCUT2D eigenvalue weighted by Gasteiger charge is 2.53. The van der Waals surface area contributed by atoms with Gasteiger partial charge in [-0.1, -0.05) is 25.7 Å². The zero-order valence-electron chi connectivity index (χ0n) is 18.7. The lowest BCUT2D eigenvalue weighted by molar-refractivity contribution is -0.124. The third-order valence-electron chi connectivity index (χ3n) is 6.07. The standard InChI is InChI=1S/C23H30N2O5Si/c1-5-29-21(26)19-13-16-14-23(9-8-18(16)30-19)17-7-6-10-24-20(17)25(22(23)27)15-28-11-12-31(2,3)4/h6-7,10,13H,5,8-9,11-12,14-15H2,1-4H3/t23-/m1/s1. The second kappa shape index (κ2) is 8.24. The highest BCUT2D eigenvalue weighted by atomic mass is 28.3. The second-order valence-electron chi connectivity index (χ2n) is 9.49. The Bertz CT molecular complexity index is 996. The van der Waals surface area contributed by atoms with Crippen LogP contribution in [0.25, 0.3) is 0 Å². The van der Waals surface area contributed by atoms with E-state index in [-0.39, 0.29) is 18.4 Å². The molecule has 1 spiro atoms. The highest BCUT2D eigenvalue weighted by Crippen LogP contribution is 2.48. The number of hydrogen-bond donors (Lipinski definition) is 0. The lowest BCUT2D eigenvalue weighted by atomic mass is 9.70. The summed E-state index contributed by atoms with van der Waals surface area (Å²) in [6, 6.07) is 6.63. The monoisotopic (exact) mass is 442 g/mol. The fourth-order valence-electron chi connectivity index (χ4n) is 4.39. The first kappa shape index (κ1) is 21.8. The van der Waals surface area contributed by atoms with Crippen LogP contribution in [0.1, 0.15) is 40.8 Å². The van der Waals surface area contributed by atoms with Crippen molar-refractivity contribution >= 4 is 25.8 Å². The molecular weight excluding hydrogens is 412 g/mol. The second-order valence-corrected chi connectivity index (χ2v) is 15.1. The average molecular weight is 443 g/mol. The van der Waals surface area contributed by atoms with Gasteiger partial charge >= 0.3 is 5.97 Å². The molecule has 0 saturated heterocycles. The molecule has 4 rings (SSSR count). The summed E-state index contributed by atoms with van der Waals surface area (Å²) in [7, 11) is -1.21. The Balaban J connectivity index is 1.58. The Hall–Kier alpha value is -2.45. The van der Waals surface area contributed by atoms with Crippen LogP contribution in [0.5, 0.6) is 0 Å². The zero-order valence-corrected chi connectivity index (χ0v) is 19.7. The normalized spacial score (nSPS) is 20.1. The van der Waals surface area contributed by atoms with Gasteiger partial charge in [0.25, 0.3) is 0 Å². The van der Waals surface area contributed by atoms with Gasteiger partial charge in [0, 0.05) is 32.9 Å². The third-order valence-corrected chi connectivity index (χ3v) is 7.78. The van der Waals surface area contributed by atoms with Crippen molar-refractivity contribution in [2.45, 2.75) is 57.3 Å². The van der Waals surface area contributed by atoms with Crippen molar-refractivity contribution in [2.75, 3.05) is 24.8 Å². The molecule has 1 amide bonds. The molecule has 3 heterocycles. The quantitative estimate of drug-likeness (QED) is 0.367. The van der Waals surface area contributed by atoms with E-state index in [1.165, 1.54) is 0 Å². The van der Waals surface area contributed by atoms with Gasteiger partial charge < -0.3 is 13.9 Å². The van der Waals surface area contributed by atoms with Gasteiger partial charge in [0.15, 0.2) is 0 Å². The number of fused-ring (bicyclic) bond motifs is 3. The van der Waals surface area contributed by atoms with E-state index in [1.54, 1.807) is 24.1 Å². The fourth-order valence-corrected chi connectivity index (χ4v) is 5.15. The van der Waals surface area contributed by atoms with E-state index in [0.29, 0.717) is 38.3 Å². The Morgan fingerprint density at radius 3 is 2.90 bits per heavy atom. The van der Waals surface area contributed by atoms with Crippen LogP contribution in [-0.2, 0) is 32.5 Å². The number of ether oxygens (including phenoxy) is 2. The van der Waals surface area contributed by atoms with Crippen LogP contribution in [0, 0.1) is 0 Å². The number of esters is 1. The molecular formula is C23H30N2O5Si. The molecule has 0 saturated carbocycles. The summed E-state index contributed by atoms with van der Waals surface area (Å²) in [5.74, 6) is 1.18. The Morgan fingerprint density at radius 2 is 2.16 bits per heavy atom. The smallest absolute Gasteiger partial charge is 0.374 e. The molecule has 1 aliphatic carbocycles. The molecule has 1 atom stereocenters. The molecule has 2 aliphatic rings. The fraction of sp³-hybridized carbons (Fsp3) is 0.522.